The largest absolute Gasteiger partial charge is 0.469 e. The van der Waals surface area contributed by atoms with E-state index in [4.69, 9.17) is 16.3 Å². The Morgan fingerprint density at radius 1 is 1.13 bits per heavy atom. The molecule has 30 heavy (non-hydrogen) atoms. The lowest BCUT2D eigenvalue weighted by Gasteiger charge is -2.34. The molecule has 3 rings (SSSR count). The maximum atomic E-state index is 14.4. The molecule has 0 saturated heterocycles. The molecule has 8 heteroatoms. The molecule has 160 valence electrons. The highest BCUT2D eigenvalue weighted by Crippen LogP contribution is 2.43. The second-order valence-electron chi connectivity index (χ2n) is 7.60. The summed E-state index contributed by atoms with van der Waals surface area (Å²) in [6, 6.07) is 8.04. The smallest absolute Gasteiger partial charge is 0.311 e. The van der Waals surface area contributed by atoms with Crippen molar-refractivity contribution in [3.63, 3.8) is 0 Å². The molecule has 0 aliphatic heterocycles. The van der Waals surface area contributed by atoms with E-state index in [0.717, 1.165) is 18.9 Å². The quantitative estimate of drug-likeness (QED) is 0.557. The van der Waals surface area contributed by atoms with Crippen molar-refractivity contribution in [3.05, 3.63) is 58.6 Å². The Bertz CT molecular complexity index is 961. The molecule has 0 unspecified atom stereocenters. The van der Waals surface area contributed by atoms with Crippen LogP contribution in [-0.4, -0.2) is 24.2 Å². The maximum absolute atomic E-state index is 14.4. The van der Waals surface area contributed by atoms with Crippen molar-refractivity contribution in [2.75, 3.05) is 12.4 Å². The average Bonchev–Trinajstić information content (AvgIpc) is 2.73. The third-order valence-corrected chi connectivity index (χ3v) is 7.04. The summed E-state index contributed by atoms with van der Waals surface area (Å²) in [7, 11) is 1.39. The van der Waals surface area contributed by atoms with Crippen LogP contribution in [0.25, 0.3) is 0 Å². The van der Waals surface area contributed by atoms with Crippen LogP contribution in [0.3, 0.4) is 0 Å². The number of ether oxygens (including phenoxy) is 1. The lowest BCUT2D eigenvalue weighted by molar-refractivity contribution is -0.153. The molecule has 1 aliphatic rings. The number of esters is 1. The van der Waals surface area contributed by atoms with E-state index in [0.29, 0.717) is 23.4 Å². The maximum Gasteiger partial charge on any atom is 0.311 e. The number of methoxy groups -OCH3 is 1. The molecule has 0 radical (unpaired) electrons. The van der Waals surface area contributed by atoms with Gasteiger partial charge >= 0.3 is 5.97 Å². The number of benzene rings is 2. The summed E-state index contributed by atoms with van der Waals surface area (Å²) in [6.07, 6.45) is 2.84. The van der Waals surface area contributed by atoms with Gasteiger partial charge in [-0.3, -0.25) is 9.59 Å². The van der Waals surface area contributed by atoms with Crippen LogP contribution in [0, 0.1) is 17.0 Å². The Kier molecular flexibility index (Phi) is 7.03. The normalized spacial score (nSPS) is 21.2. The van der Waals surface area contributed by atoms with Crippen molar-refractivity contribution in [3.8, 4) is 0 Å². The monoisotopic (exact) mass is 453 g/mol. The zero-order valence-corrected chi connectivity index (χ0v) is 18.2. The summed E-state index contributed by atoms with van der Waals surface area (Å²) in [4.78, 5) is 24.9. The van der Waals surface area contributed by atoms with Crippen molar-refractivity contribution in [2.45, 2.75) is 42.8 Å². The highest BCUT2D eigenvalue weighted by Gasteiger charge is 2.38. The summed E-state index contributed by atoms with van der Waals surface area (Å²) in [5.74, 6) is -1.63. The van der Waals surface area contributed by atoms with Crippen molar-refractivity contribution < 1.29 is 23.1 Å². The SMILES string of the molecule is COC(=O)C1(C)CCC(Sc2cc(C(=O)Nc3ccc(F)c(Cl)c3)ccc2F)CC1. The first-order chi connectivity index (χ1) is 14.2. The first kappa shape index (κ1) is 22.6. The molecule has 0 atom stereocenters. The minimum atomic E-state index is -0.578. The van der Waals surface area contributed by atoms with E-state index >= 15 is 0 Å². The molecule has 0 bridgehead atoms. The molecule has 1 aliphatic carbocycles. The van der Waals surface area contributed by atoms with Crippen LogP contribution in [0.1, 0.15) is 43.0 Å². The van der Waals surface area contributed by atoms with Crippen LogP contribution in [0.15, 0.2) is 41.3 Å². The number of amides is 1. The molecular formula is C22H22ClF2NO3S. The minimum Gasteiger partial charge on any atom is -0.469 e. The molecule has 1 fully saturated rings. The zero-order chi connectivity index (χ0) is 21.9. The second-order valence-corrected chi connectivity index (χ2v) is 9.35. The fraction of sp³-hybridized carbons (Fsp3) is 0.364. The highest BCUT2D eigenvalue weighted by atomic mass is 35.5. The highest BCUT2D eigenvalue weighted by molar-refractivity contribution is 8.00. The van der Waals surface area contributed by atoms with E-state index in [9.17, 15) is 18.4 Å². The molecule has 1 amide bonds. The number of nitrogens with one attached hydrogen (secondary N) is 1. The fourth-order valence-corrected chi connectivity index (χ4v) is 4.88. The van der Waals surface area contributed by atoms with Gasteiger partial charge in [-0.05, 0) is 69.0 Å². The topological polar surface area (TPSA) is 55.4 Å². The number of carbonyl (C=O) groups is 2. The van der Waals surface area contributed by atoms with Crippen LogP contribution < -0.4 is 5.32 Å². The Balaban J connectivity index is 1.67. The van der Waals surface area contributed by atoms with Crippen molar-refractivity contribution >= 4 is 40.9 Å². The number of thioether (sulfide) groups is 1. The Morgan fingerprint density at radius 2 is 1.80 bits per heavy atom. The van der Waals surface area contributed by atoms with Crippen LogP contribution in [0.2, 0.25) is 5.02 Å². The molecule has 2 aromatic rings. The lowest BCUT2D eigenvalue weighted by Crippen LogP contribution is -2.34. The van der Waals surface area contributed by atoms with E-state index in [-0.39, 0.29) is 21.8 Å². The predicted molar refractivity (Wildman–Crippen MR) is 114 cm³/mol. The van der Waals surface area contributed by atoms with E-state index in [1.165, 1.54) is 49.2 Å². The van der Waals surface area contributed by atoms with Gasteiger partial charge in [-0.1, -0.05) is 11.6 Å². The Morgan fingerprint density at radius 3 is 2.43 bits per heavy atom. The van der Waals surface area contributed by atoms with Crippen LogP contribution in [0.4, 0.5) is 14.5 Å². The number of rotatable bonds is 5. The number of carbonyl (C=O) groups excluding carboxylic acids is 2. The van der Waals surface area contributed by atoms with Crippen LogP contribution in [0.5, 0.6) is 0 Å². The van der Waals surface area contributed by atoms with Crippen LogP contribution >= 0.6 is 23.4 Å². The van der Waals surface area contributed by atoms with Gasteiger partial charge in [0.15, 0.2) is 0 Å². The van der Waals surface area contributed by atoms with Crippen molar-refractivity contribution in [1.82, 2.24) is 0 Å². The number of anilines is 1. The van der Waals surface area contributed by atoms with E-state index in [1.54, 1.807) is 0 Å². The van der Waals surface area contributed by atoms with Gasteiger partial charge in [-0.2, -0.15) is 0 Å². The Labute approximate surface area is 183 Å². The van der Waals surface area contributed by atoms with E-state index in [2.05, 4.69) is 5.32 Å². The number of hydrogen-bond donors (Lipinski definition) is 1. The van der Waals surface area contributed by atoms with Gasteiger partial charge in [-0.15, -0.1) is 11.8 Å². The molecule has 4 nitrogen and oxygen atoms in total. The predicted octanol–water partition coefficient (Wildman–Crippen LogP) is 6.08. The lowest BCUT2D eigenvalue weighted by atomic mass is 9.75. The summed E-state index contributed by atoms with van der Waals surface area (Å²) in [6.45, 7) is 1.90. The molecule has 1 N–H and O–H groups in total. The van der Waals surface area contributed by atoms with Gasteiger partial charge < -0.3 is 10.1 Å². The summed E-state index contributed by atoms with van der Waals surface area (Å²) in [5, 5.41) is 2.68. The molecule has 2 aromatic carbocycles. The van der Waals surface area contributed by atoms with Gasteiger partial charge in [0.05, 0.1) is 17.5 Å². The molecule has 0 aromatic heterocycles. The molecular weight excluding hydrogens is 432 g/mol. The van der Waals surface area contributed by atoms with Gasteiger partial charge in [0.25, 0.3) is 5.91 Å². The Hall–Kier alpha value is -2.12. The first-order valence-electron chi connectivity index (χ1n) is 9.53. The standard InChI is InChI=1S/C22H22ClF2NO3S/c1-22(21(28)29-2)9-7-15(8-10-22)30-19-11-13(3-5-18(19)25)20(27)26-14-4-6-17(24)16(23)12-14/h3-6,11-12,15H,7-10H2,1-2H3,(H,26,27). The summed E-state index contributed by atoms with van der Waals surface area (Å²) >= 11 is 7.11. The third kappa shape index (κ3) is 5.13. The average molecular weight is 454 g/mol. The van der Waals surface area contributed by atoms with Gasteiger partial charge in [0, 0.05) is 21.4 Å². The van der Waals surface area contributed by atoms with Gasteiger partial charge in [0.1, 0.15) is 11.6 Å². The molecule has 1 saturated carbocycles. The van der Waals surface area contributed by atoms with Gasteiger partial charge in [0.2, 0.25) is 0 Å². The molecule has 0 spiro atoms. The second kappa shape index (κ2) is 9.35. The van der Waals surface area contributed by atoms with E-state index < -0.39 is 23.0 Å². The van der Waals surface area contributed by atoms with E-state index in [1.807, 2.05) is 6.92 Å². The summed E-state index contributed by atoms with van der Waals surface area (Å²) in [5.41, 5.74) is 0.136. The van der Waals surface area contributed by atoms with Crippen molar-refractivity contribution in [1.29, 1.82) is 0 Å². The number of halogens is 3. The summed E-state index contributed by atoms with van der Waals surface area (Å²) < 4.78 is 32.5. The van der Waals surface area contributed by atoms with Gasteiger partial charge in [-0.25, -0.2) is 8.78 Å². The third-order valence-electron chi connectivity index (χ3n) is 5.38. The fourth-order valence-electron chi connectivity index (χ4n) is 3.49. The zero-order valence-electron chi connectivity index (χ0n) is 16.6. The molecule has 0 heterocycles. The number of hydrogen-bond acceptors (Lipinski definition) is 4. The minimum absolute atomic E-state index is 0.0978. The first-order valence-corrected chi connectivity index (χ1v) is 10.8. The van der Waals surface area contributed by atoms with Crippen LogP contribution in [-0.2, 0) is 9.53 Å². The van der Waals surface area contributed by atoms with Crippen molar-refractivity contribution in [2.24, 2.45) is 5.41 Å².